The molecule has 1 nitrogen and oxygen atoms in total. The van der Waals surface area contributed by atoms with Crippen molar-refractivity contribution in [3.8, 4) is 0 Å². The number of rotatable bonds is 1. The third-order valence-electron chi connectivity index (χ3n) is 3.39. The van der Waals surface area contributed by atoms with Crippen LogP contribution in [0.15, 0.2) is 39.5 Å². The van der Waals surface area contributed by atoms with E-state index in [4.69, 9.17) is 0 Å². The van der Waals surface area contributed by atoms with Crippen molar-refractivity contribution in [2.24, 2.45) is 0 Å². The Morgan fingerprint density at radius 2 is 2.06 bits per heavy atom. The Balaban J connectivity index is 2.10. The smallest absolute Gasteiger partial charge is 0.0737 e. The van der Waals surface area contributed by atoms with Gasteiger partial charge in [-0.1, -0.05) is 24.3 Å². The molecule has 0 radical (unpaired) electrons. The average molecular weight is 308 g/mol. The Morgan fingerprint density at radius 3 is 2.82 bits per heavy atom. The lowest BCUT2D eigenvalue weighted by Gasteiger charge is -2.32. The van der Waals surface area contributed by atoms with Gasteiger partial charge in [-0.2, -0.15) is 0 Å². The first-order valence-electron chi connectivity index (χ1n) is 5.75. The van der Waals surface area contributed by atoms with Crippen molar-refractivity contribution < 1.29 is 0 Å². The summed E-state index contributed by atoms with van der Waals surface area (Å²) in [7, 11) is 2.20. The first-order valence-corrected chi connectivity index (χ1v) is 7.42. The van der Waals surface area contributed by atoms with E-state index in [0.29, 0.717) is 5.92 Å². The fraction of sp³-hybridized carbons (Fsp3) is 0.286. The van der Waals surface area contributed by atoms with E-state index in [1.165, 1.54) is 20.5 Å². The number of likely N-dealkylation sites (N-methyl/N-ethyl adjacent to an activating group) is 1. The molecule has 1 atom stereocenters. The van der Waals surface area contributed by atoms with Gasteiger partial charge in [-0.15, -0.1) is 11.3 Å². The van der Waals surface area contributed by atoms with Crippen LogP contribution in [0.3, 0.4) is 0 Å². The standard InChI is InChI=1S/C14H14BrNS/c1-16-8-10-4-2-3-5-11(10)13(9-16)12-6-7-17-14(12)15/h2-7,13H,8-9H2,1H3. The van der Waals surface area contributed by atoms with Gasteiger partial charge in [-0.05, 0) is 51.1 Å². The molecular weight excluding hydrogens is 294 g/mol. The predicted molar refractivity (Wildman–Crippen MR) is 76.6 cm³/mol. The van der Waals surface area contributed by atoms with Gasteiger partial charge >= 0.3 is 0 Å². The Hall–Kier alpha value is -0.640. The fourth-order valence-electron chi connectivity index (χ4n) is 2.60. The largest absolute Gasteiger partial charge is 0.301 e. The van der Waals surface area contributed by atoms with Crippen LogP contribution in [0.4, 0.5) is 0 Å². The molecule has 1 aromatic carbocycles. The maximum Gasteiger partial charge on any atom is 0.0737 e. The number of hydrogen-bond donors (Lipinski definition) is 0. The second kappa shape index (κ2) is 4.56. The second-order valence-electron chi connectivity index (χ2n) is 4.60. The molecule has 0 spiro atoms. The zero-order valence-electron chi connectivity index (χ0n) is 9.69. The topological polar surface area (TPSA) is 3.24 Å². The number of benzene rings is 1. The average Bonchev–Trinajstić information content (AvgIpc) is 2.74. The van der Waals surface area contributed by atoms with E-state index in [1.807, 2.05) is 0 Å². The van der Waals surface area contributed by atoms with E-state index < -0.39 is 0 Å². The van der Waals surface area contributed by atoms with Crippen LogP contribution in [0.2, 0.25) is 0 Å². The summed E-state index contributed by atoms with van der Waals surface area (Å²) < 4.78 is 1.27. The molecule has 3 heteroatoms. The van der Waals surface area contributed by atoms with E-state index in [1.54, 1.807) is 11.3 Å². The van der Waals surface area contributed by atoms with Gasteiger partial charge < -0.3 is 4.90 Å². The second-order valence-corrected chi connectivity index (χ2v) is 6.83. The third-order valence-corrected chi connectivity index (χ3v) is 5.12. The Morgan fingerprint density at radius 1 is 1.24 bits per heavy atom. The van der Waals surface area contributed by atoms with Crippen LogP contribution in [0.25, 0.3) is 0 Å². The van der Waals surface area contributed by atoms with Gasteiger partial charge in [0.05, 0.1) is 3.79 Å². The van der Waals surface area contributed by atoms with Crippen LogP contribution < -0.4 is 0 Å². The molecule has 0 N–H and O–H groups in total. The summed E-state index contributed by atoms with van der Waals surface area (Å²) in [5.74, 6) is 0.505. The van der Waals surface area contributed by atoms with E-state index in [9.17, 15) is 0 Å². The highest BCUT2D eigenvalue weighted by Crippen LogP contribution is 2.38. The first kappa shape index (κ1) is 11.5. The molecule has 0 bridgehead atoms. The van der Waals surface area contributed by atoms with Gasteiger partial charge in [0.15, 0.2) is 0 Å². The number of thiophene rings is 1. The Kier molecular flexibility index (Phi) is 3.07. The summed E-state index contributed by atoms with van der Waals surface area (Å²) in [5.41, 5.74) is 4.38. The number of halogens is 1. The van der Waals surface area contributed by atoms with Crippen molar-refractivity contribution in [2.75, 3.05) is 13.6 Å². The summed E-state index contributed by atoms with van der Waals surface area (Å²) in [6, 6.07) is 11.1. The maximum atomic E-state index is 3.67. The molecule has 17 heavy (non-hydrogen) atoms. The molecule has 88 valence electrons. The molecule has 2 aromatic rings. The molecule has 1 aromatic heterocycles. The van der Waals surface area contributed by atoms with Gasteiger partial charge in [-0.3, -0.25) is 0 Å². The Labute approximate surface area is 114 Å². The molecule has 2 heterocycles. The van der Waals surface area contributed by atoms with Crippen molar-refractivity contribution >= 4 is 27.3 Å². The third kappa shape index (κ3) is 2.07. The van der Waals surface area contributed by atoms with Crippen molar-refractivity contribution in [3.05, 3.63) is 56.2 Å². The quantitative estimate of drug-likeness (QED) is 0.767. The van der Waals surface area contributed by atoms with Crippen LogP contribution >= 0.6 is 27.3 Å². The lowest BCUT2D eigenvalue weighted by Crippen LogP contribution is -2.30. The molecule has 0 fully saturated rings. The van der Waals surface area contributed by atoms with Gasteiger partial charge in [0, 0.05) is 19.0 Å². The molecule has 0 saturated carbocycles. The number of nitrogens with zero attached hydrogens (tertiary/aromatic N) is 1. The van der Waals surface area contributed by atoms with Gasteiger partial charge in [0.2, 0.25) is 0 Å². The molecule has 1 unspecified atom stereocenters. The summed E-state index contributed by atoms with van der Waals surface area (Å²) in [4.78, 5) is 2.40. The van der Waals surface area contributed by atoms with Crippen LogP contribution in [-0.4, -0.2) is 18.5 Å². The minimum absolute atomic E-state index is 0.505. The van der Waals surface area contributed by atoms with Crippen molar-refractivity contribution in [3.63, 3.8) is 0 Å². The molecule has 1 aliphatic heterocycles. The molecule has 0 saturated heterocycles. The zero-order valence-corrected chi connectivity index (χ0v) is 12.1. The summed E-state index contributed by atoms with van der Waals surface area (Å²) >= 11 is 5.45. The van der Waals surface area contributed by atoms with Gasteiger partial charge in [0.25, 0.3) is 0 Å². The van der Waals surface area contributed by atoms with Crippen LogP contribution in [0.5, 0.6) is 0 Å². The van der Waals surface area contributed by atoms with Gasteiger partial charge in [-0.25, -0.2) is 0 Å². The lowest BCUT2D eigenvalue weighted by molar-refractivity contribution is 0.295. The molecule has 1 aliphatic rings. The molecular formula is C14H14BrNS. The summed E-state index contributed by atoms with van der Waals surface area (Å²) in [6.45, 7) is 2.17. The minimum atomic E-state index is 0.505. The lowest BCUT2D eigenvalue weighted by atomic mass is 9.86. The van der Waals surface area contributed by atoms with E-state index in [0.717, 1.165) is 13.1 Å². The normalized spacial score (nSPS) is 20.2. The fourth-order valence-corrected chi connectivity index (χ4v) is 4.02. The number of hydrogen-bond acceptors (Lipinski definition) is 2. The van der Waals surface area contributed by atoms with Gasteiger partial charge in [0.1, 0.15) is 0 Å². The van der Waals surface area contributed by atoms with Crippen molar-refractivity contribution in [1.29, 1.82) is 0 Å². The highest BCUT2D eigenvalue weighted by molar-refractivity contribution is 9.11. The number of fused-ring (bicyclic) bond motifs is 1. The molecule has 3 rings (SSSR count). The zero-order chi connectivity index (χ0) is 11.8. The predicted octanol–water partition coefficient (Wildman–Crippen LogP) is 4.09. The maximum absolute atomic E-state index is 3.67. The highest BCUT2D eigenvalue weighted by atomic mass is 79.9. The summed E-state index contributed by atoms with van der Waals surface area (Å²) in [5, 5.41) is 2.16. The van der Waals surface area contributed by atoms with Crippen LogP contribution in [0.1, 0.15) is 22.6 Å². The van der Waals surface area contributed by atoms with Crippen molar-refractivity contribution in [2.45, 2.75) is 12.5 Å². The summed E-state index contributed by atoms with van der Waals surface area (Å²) in [6.07, 6.45) is 0. The van der Waals surface area contributed by atoms with Crippen LogP contribution in [-0.2, 0) is 6.54 Å². The first-order chi connectivity index (χ1) is 8.25. The Bertz CT molecular complexity index is 535. The van der Waals surface area contributed by atoms with Crippen molar-refractivity contribution in [1.82, 2.24) is 4.90 Å². The minimum Gasteiger partial charge on any atom is -0.301 e. The highest BCUT2D eigenvalue weighted by Gasteiger charge is 2.26. The SMILES string of the molecule is CN1Cc2ccccc2C(c2ccsc2Br)C1. The molecule has 0 aliphatic carbocycles. The van der Waals surface area contributed by atoms with E-state index in [-0.39, 0.29) is 0 Å². The monoisotopic (exact) mass is 307 g/mol. The van der Waals surface area contributed by atoms with E-state index in [2.05, 4.69) is 63.6 Å². The van der Waals surface area contributed by atoms with E-state index >= 15 is 0 Å². The van der Waals surface area contributed by atoms with Crippen LogP contribution in [0, 0.1) is 0 Å². The molecule has 0 amide bonds.